The van der Waals surface area contributed by atoms with Crippen molar-refractivity contribution in [1.82, 2.24) is 14.8 Å². The van der Waals surface area contributed by atoms with E-state index in [4.69, 9.17) is 0 Å². The number of rotatable bonds is 3. The van der Waals surface area contributed by atoms with Gasteiger partial charge in [-0.25, -0.2) is 0 Å². The lowest BCUT2D eigenvalue weighted by atomic mass is 10.6. The summed E-state index contributed by atoms with van der Waals surface area (Å²) in [6, 6.07) is 0. The van der Waals surface area contributed by atoms with Crippen LogP contribution in [0.2, 0.25) is 0 Å². The molecule has 0 fully saturated rings. The summed E-state index contributed by atoms with van der Waals surface area (Å²) in [4.78, 5) is 0. The fourth-order valence-corrected chi connectivity index (χ4v) is 1.63. The van der Waals surface area contributed by atoms with Gasteiger partial charge in [0.05, 0.1) is 17.3 Å². The number of hydrogen-bond acceptors (Lipinski definition) is 3. The lowest BCUT2D eigenvalue weighted by molar-refractivity contribution is 0.656. The predicted molar refractivity (Wildman–Crippen MR) is 50.4 cm³/mol. The van der Waals surface area contributed by atoms with Gasteiger partial charge in [-0.2, -0.15) is 0 Å². The van der Waals surface area contributed by atoms with Crippen LogP contribution in [0.4, 0.5) is 0 Å². The van der Waals surface area contributed by atoms with Gasteiger partial charge >= 0.3 is 0 Å². The van der Waals surface area contributed by atoms with Crippen LogP contribution >= 0.6 is 15.9 Å². The van der Waals surface area contributed by atoms with Gasteiger partial charge in [-0.1, -0.05) is 22.5 Å². The van der Waals surface area contributed by atoms with E-state index in [1.54, 1.807) is 10.8 Å². The molecule has 0 aliphatic carbocycles. The van der Waals surface area contributed by atoms with E-state index in [-0.39, 0.29) is 0 Å². The Morgan fingerprint density at radius 3 is 3.08 bits per heavy atom. The highest BCUT2D eigenvalue weighted by Crippen LogP contribution is 2.08. The first-order valence-electron chi connectivity index (χ1n) is 3.15. The molecule has 4 nitrogen and oxygen atoms in total. The zero-order valence-corrected chi connectivity index (χ0v) is 8.93. The second-order valence-corrected chi connectivity index (χ2v) is 4.61. The van der Waals surface area contributed by atoms with Crippen molar-refractivity contribution in [2.75, 3.05) is 6.26 Å². The Kier molecular flexibility index (Phi) is 3.16. The largest absolute Gasteiger partial charge is 0.302 e. The van der Waals surface area contributed by atoms with Crippen molar-refractivity contribution in [3.8, 4) is 0 Å². The van der Waals surface area contributed by atoms with E-state index in [9.17, 15) is 4.21 Å². The Labute approximate surface area is 81.3 Å². The van der Waals surface area contributed by atoms with Crippen molar-refractivity contribution in [2.24, 2.45) is 0 Å². The third-order valence-corrected chi connectivity index (χ3v) is 2.26. The zero-order valence-electron chi connectivity index (χ0n) is 6.53. The Hall–Kier alpha value is -0.490. The SMILES string of the molecule is C=C(Br)Cn1cnnc1[S@](C)=O. The van der Waals surface area contributed by atoms with E-state index < -0.39 is 10.8 Å². The van der Waals surface area contributed by atoms with E-state index in [0.29, 0.717) is 11.7 Å². The molecule has 12 heavy (non-hydrogen) atoms. The van der Waals surface area contributed by atoms with Crippen molar-refractivity contribution >= 4 is 26.7 Å². The van der Waals surface area contributed by atoms with Gasteiger partial charge in [-0.05, 0) is 0 Å². The second-order valence-electron chi connectivity index (χ2n) is 2.21. The summed E-state index contributed by atoms with van der Waals surface area (Å²) < 4.78 is 13.5. The van der Waals surface area contributed by atoms with Crippen LogP contribution in [0.15, 0.2) is 22.5 Å². The van der Waals surface area contributed by atoms with Crippen molar-refractivity contribution in [1.29, 1.82) is 0 Å². The summed E-state index contributed by atoms with van der Waals surface area (Å²) >= 11 is 3.21. The summed E-state index contributed by atoms with van der Waals surface area (Å²) in [5, 5.41) is 7.84. The summed E-state index contributed by atoms with van der Waals surface area (Å²) in [5.74, 6) is 0. The number of hydrogen-bond donors (Lipinski definition) is 0. The maximum absolute atomic E-state index is 11.1. The van der Waals surface area contributed by atoms with Gasteiger partial charge in [0.1, 0.15) is 6.33 Å². The van der Waals surface area contributed by atoms with Crippen LogP contribution in [0.5, 0.6) is 0 Å². The molecular formula is C6H8BrN3OS. The third kappa shape index (κ3) is 2.25. The van der Waals surface area contributed by atoms with Gasteiger partial charge < -0.3 is 4.57 Å². The molecule has 1 atom stereocenters. The Balaban J connectivity index is 2.91. The minimum atomic E-state index is -1.10. The summed E-state index contributed by atoms with van der Waals surface area (Å²) in [6.07, 6.45) is 3.10. The monoisotopic (exact) mass is 249 g/mol. The highest BCUT2D eigenvalue weighted by Gasteiger charge is 2.07. The first-order valence-corrected chi connectivity index (χ1v) is 5.51. The van der Waals surface area contributed by atoms with E-state index in [2.05, 4.69) is 32.7 Å². The Morgan fingerprint density at radius 2 is 2.58 bits per heavy atom. The standard InChI is InChI=1S/C6H8BrN3OS/c1-5(7)3-10-4-8-9-6(10)12(2)11/h4H,1,3H2,2H3/t12-/m0/s1. The fraction of sp³-hybridized carbons (Fsp3) is 0.333. The average Bonchev–Trinajstić information content (AvgIpc) is 2.33. The molecule has 1 aromatic heterocycles. The lowest BCUT2D eigenvalue weighted by Crippen LogP contribution is -2.03. The molecule has 1 heterocycles. The molecule has 0 saturated carbocycles. The second kappa shape index (κ2) is 3.95. The quantitative estimate of drug-likeness (QED) is 0.801. The molecule has 0 saturated heterocycles. The van der Waals surface area contributed by atoms with Gasteiger partial charge in [0.15, 0.2) is 0 Å². The van der Waals surface area contributed by atoms with Gasteiger partial charge in [0, 0.05) is 10.7 Å². The molecule has 1 aromatic rings. The van der Waals surface area contributed by atoms with Crippen LogP contribution in [-0.2, 0) is 17.3 Å². The van der Waals surface area contributed by atoms with E-state index in [0.717, 1.165) is 4.48 Å². The highest BCUT2D eigenvalue weighted by atomic mass is 79.9. The van der Waals surface area contributed by atoms with Gasteiger partial charge in [-0.3, -0.25) is 4.21 Å². The zero-order chi connectivity index (χ0) is 9.14. The molecule has 0 unspecified atom stereocenters. The first-order chi connectivity index (χ1) is 5.61. The molecule has 6 heteroatoms. The smallest absolute Gasteiger partial charge is 0.221 e. The summed E-state index contributed by atoms with van der Waals surface area (Å²) in [5.41, 5.74) is 0. The minimum Gasteiger partial charge on any atom is -0.302 e. The van der Waals surface area contributed by atoms with E-state index >= 15 is 0 Å². The molecular weight excluding hydrogens is 242 g/mol. The Morgan fingerprint density at radius 1 is 1.92 bits per heavy atom. The molecule has 0 N–H and O–H groups in total. The number of halogens is 1. The molecule has 0 aliphatic rings. The predicted octanol–water partition coefficient (Wildman–Crippen LogP) is 0.924. The maximum Gasteiger partial charge on any atom is 0.221 e. The molecule has 0 amide bonds. The van der Waals surface area contributed by atoms with Gasteiger partial charge in [0.2, 0.25) is 5.16 Å². The Bertz CT molecular complexity index is 322. The third-order valence-electron chi connectivity index (χ3n) is 1.18. The minimum absolute atomic E-state index is 0.468. The summed E-state index contributed by atoms with van der Waals surface area (Å²) in [6.45, 7) is 4.22. The molecule has 0 spiro atoms. The van der Waals surface area contributed by atoms with Gasteiger partial charge in [0.25, 0.3) is 0 Å². The van der Waals surface area contributed by atoms with Crippen LogP contribution in [0.3, 0.4) is 0 Å². The van der Waals surface area contributed by atoms with Crippen LogP contribution in [0, 0.1) is 0 Å². The van der Waals surface area contributed by atoms with Gasteiger partial charge in [-0.15, -0.1) is 10.2 Å². The first kappa shape index (κ1) is 9.60. The molecule has 1 rings (SSSR count). The molecule has 0 aromatic carbocycles. The highest BCUT2D eigenvalue weighted by molar-refractivity contribution is 9.11. The normalized spacial score (nSPS) is 12.8. The van der Waals surface area contributed by atoms with E-state index in [1.807, 2.05) is 0 Å². The summed E-state index contributed by atoms with van der Waals surface area (Å²) in [7, 11) is -1.10. The number of nitrogens with zero attached hydrogens (tertiary/aromatic N) is 3. The fourth-order valence-electron chi connectivity index (χ4n) is 0.760. The van der Waals surface area contributed by atoms with Crippen molar-refractivity contribution in [2.45, 2.75) is 11.7 Å². The van der Waals surface area contributed by atoms with Crippen molar-refractivity contribution in [3.05, 3.63) is 17.4 Å². The van der Waals surface area contributed by atoms with Crippen molar-refractivity contribution < 1.29 is 4.21 Å². The number of aromatic nitrogens is 3. The lowest BCUT2D eigenvalue weighted by Gasteiger charge is -2.01. The molecule has 0 radical (unpaired) electrons. The topological polar surface area (TPSA) is 47.8 Å². The van der Waals surface area contributed by atoms with Crippen LogP contribution in [0.1, 0.15) is 0 Å². The van der Waals surface area contributed by atoms with Crippen LogP contribution in [0.25, 0.3) is 0 Å². The number of allylic oxidation sites excluding steroid dienone is 1. The molecule has 0 aliphatic heterocycles. The van der Waals surface area contributed by atoms with Crippen LogP contribution < -0.4 is 0 Å². The molecule has 66 valence electrons. The molecule has 0 bridgehead atoms. The average molecular weight is 250 g/mol. The maximum atomic E-state index is 11.1. The van der Waals surface area contributed by atoms with E-state index in [1.165, 1.54) is 6.33 Å². The van der Waals surface area contributed by atoms with Crippen molar-refractivity contribution in [3.63, 3.8) is 0 Å². The van der Waals surface area contributed by atoms with Crippen LogP contribution in [-0.4, -0.2) is 25.2 Å².